The van der Waals surface area contributed by atoms with Gasteiger partial charge in [-0.05, 0) is 90.3 Å². The third kappa shape index (κ3) is 3.76. The van der Waals surface area contributed by atoms with E-state index >= 15 is 0 Å². The second-order valence-corrected chi connectivity index (χ2v) is 7.83. The first-order valence-corrected chi connectivity index (χ1v) is 10.4. The lowest BCUT2D eigenvalue weighted by Gasteiger charge is -2.01. The third-order valence-electron chi connectivity index (χ3n) is 5.50. The van der Waals surface area contributed by atoms with Gasteiger partial charge in [0.1, 0.15) is 22.7 Å². The van der Waals surface area contributed by atoms with Crippen LogP contribution in [0.15, 0.2) is 93.8 Å². The fourth-order valence-electron chi connectivity index (χ4n) is 3.83. The molecule has 0 atom stereocenters. The van der Waals surface area contributed by atoms with Gasteiger partial charge in [-0.15, -0.1) is 0 Å². The highest BCUT2D eigenvalue weighted by Crippen LogP contribution is 2.28. The van der Waals surface area contributed by atoms with E-state index in [1.807, 2.05) is 36.4 Å². The van der Waals surface area contributed by atoms with Crippen LogP contribution in [0.4, 0.5) is 8.78 Å². The van der Waals surface area contributed by atoms with Crippen LogP contribution in [0.5, 0.6) is 0 Å². The van der Waals surface area contributed by atoms with Crippen LogP contribution in [0.2, 0.25) is 0 Å². The summed E-state index contributed by atoms with van der Waals surface area (Å²) in [6.45, 7) is 0. The molecule has 0 radical (unpaired) electrons. The van der Waals surface area contributed by atoms with Crippen molar-refractivity contribution < 1.29 is 17.6 Å². The minimum absolute atomic E-state index is 0.300. The minimum Gasteiger partial charge on any atom is -0.436 e. The van der Waals surface area contributed by atoms with E-state index in [-0.39, 0.29) is 11.6 Å². The lowest BCUT2D eigenvalue weighted by Crippen LogP contribution is -1.87. The van der Waals surface area contributed by atoms with Crippen LogP contribution in [0.25, 0.3) is 45.1 Å². The number of benzene rings is 4. The van der Waals surface area contributed by atoms with Crippen molar-refractivity contribution in [2.75, 3.05) is 0 Å². The highest BCUT2D eigenvalue weighted by molar-refractivity contribution is 5.78. The van der Waals surface area contributed by atoms with Crippen LogP contribution in [-0.4, -0.2) is 9.97 Å². The number of oxazole rings is 2. The molecule has 2 aromatic heterocycles. The smallest absolute Gasteiger partial charge is 0.227 e. The second-order valence-electron chi connectivity index (χ2n) is 7.83. The zero-order valence-electron chi connectivity index (χ0n) is 17.3. The molecule has 6 aromatic rings. The molecular weight excluding hydrogens is 422 g/mol. The maximum Gasteiger partial charge on any atom is 0.227 e. The van der Waals surface area contributed by atoms with E-state index in [1.54, 1.807) is 24.3 Å². The molecular formula is C27H16F2N2O2. The number of halogens is 2. The van der Waals surface area contributed by atoms with Crippen molar-refractivity contribution in [3.63, 3.8) is 0 Å². The van der Waals surface area contributed by atoms with Crippen molar-refractivity contribution in [1.29, 1.82) is 0 Å². The van der Waals surface area contributed by atoms with E-state index in [9.17, 15) is 8.78 Å². The first-order valence-electron chi connectivity index (χ1n) is 10.4. The van der Waals surface area contributed by atoms with Gasteiger partial charge in [-0.1, -0.05) is 12.1 Å². The molecule has 0 amide bonds. The normalized spacial score (nSPS) is 11.5. The Bertz CT molecular complexity index is 1480. The molecule has 0 unspecified atom stereocenters. The third-order valence-corrected chi connectivity index (χ3v) is 5.50. The summed E-state index contributed by atoms with van der Waals surface area (Å²) in [6, 6.07) is 23.9. The highest BCUT2D eigenvalue weighted by Gasteiger charge is 2.12. The Balaban J connectivity index is 1.28. The van der Waals surface area contributed by atoms with Gasteiger partial charge in [-0.2, -0.15) is 0 Å². The zero-order valence-corrected chi connectivity index (χ0v) is 17.3. The summed E-state index contributed by atoms with van der Waals surface area (Å²) in [5, 5.41) is 0. The molecule has 0 spiro atoms. The quantitative estimate of drug-likeness (QED) is 0.293. The molecule has 4 aromatic carbocycles. The monoisotopic (exact) mass is 438 g/mol. The van der Waals surface area contributed by atoms with E-state index in [4.69, 9.17) is 8.83 Å². The summed E-state index contributed by atoms with van der Waals surface area (Å²) in [5.74, 6) is 0.313. The molecule has 0 fully saturated rings. The van der Waals surface area contributed by atoms with Gasteiger partial charge >= 0.3 is 0 Å². The van der Waals surface area contributed by atoms with Gasteiger partial charge in [-0.3, -0.25) is 0 Å². The number of rotatable bonds is 4. The maximum absolute atomic E-state index is 13.2. The topological polar surface area (TPSA) is 52.1 Å². The molecule has 0 aliphatic heterocycles. The number of hydrogen-bond donors (Lipinski definition) is 0. The predicted octanol–water partition coefficient (Wildman–Crippen LogP) is 7.17. The lowest BCUT2D eigenvalue weighted by molar-refractivity contribution is 0.615. The summed E-state index contributed by atoms with van der Waals surface area (Å²) in [6.07, 6.45) is 0.672. The molecule has 6 rings (SSSR count). The molecule has 33 heavy (non-hydrogen) atoms. The van der Waals surface area contributed by atoms with Crippen molar-refractivity contribution in [2.45, 2.75) is 6.42 Å². The molecule has 0 aliphatic rings. The van der Waals surface area contributed by atoms with Gasteiger partial charge in [-0.25, -0.2) is 18.7 Å². The molecule has 6 heteroatoms. The largest absolute Gasteiger partial charge is 0.436 e. The highest BCUT2D eigenvalue weighted by atomic mass is 19.1. The molecule has 4 nitrogen and oxygen atoms in total. The van der Waals surface area contributed by atoms with Gasteiger partial charge in [0.2, 0.25) is 11.8 Å². The Hall–Kier alpha value is -4.32. The average Bonchev–Trinajstić information content (AvgIpc) is 3.44. The Morgan fingerprint density at radius 3 is 1.39 bits per heavy atom. The van der Waals surface area contributed by atoms with Gasteiger partial charge in [0.15, 0.2) is 11.2 Å². The van der Waals surface area contributed by atoms with Crippen LogP contribution in [0.1, 0.15) is 11.1 Å². The summed E-state index contributed by atoms with van der Waals surface area (Å²) in [5.41, 5.74) is 6.39. The molecule has 2 heterocycles. The molecule has 0 aliphatic carbocycles. The van der Waals surface area contributed by atoms with Crippen LogP contribution >= 0.6 is 0 Å². The molecule has 0 saturated carbocycles. The maximum atomic E-state index is 13.2. The fraction of sp³-hybridized carbons (Fsp3) is 0.0370. The number of hydrogen-bond acceptors (Lipinski definition) is 4. The molecule has 0 N–H and O–H groups in total. The summed E-state index contributed by atoms with van der Waals surface area (Å²) < 4.78 is 38.2. The minimum atomic E-state index is -0.300. The number of aromatic nitrogens is 2. The van der Waals surface area contributed by atoms with E-state index in [1.165, 1.54) is 24.3 Å². The van der Waals surface area contributed by atoms with E-state index in [0.29, 0.717) is 29.4 Å². The van der Waals surface area contributed by atoms with Crippen molar-refractivity contribution in [1.82, 2.24) is 9.97 Å². The molecule has 160 valence electrons. The lowest BCUT2D eigenvalue weighted by atomic mass is 10.0. The van der Waals surface area contributed by atoms with Crippen LogP contribution in [-0.2, 0) is 6.42 Å². The molecule has 0 saturated heterocycles. The van der Waals surface area contributed by atoms with Crippen LogP contribution < -0.4 is 0 Å². The van der Waals surface area contributed by atoms with Crippen LogP contribution in [0.3, 0.4) is 0 Å². The molecule has 0 bridgehead atoms. The Morgan fingerprint density at radius 1 is 0.545 bits per heavy atom. The standard InChI is InChI=1S/C27H16F2N2O2/c28-20-7-3-18(4-8-20)26-30-22-11-1-16(14-24(22)32-26)13-17-2-12-23-25(15-17)33-27(31-23)19-5-9-21(29)10-6-19/h1-12,14-15H,13H2. The zero-order chi connectivity index (χ0) is 22.4. The van der Waals surface area contributed by atoms with Crippen molar-refractivity contribution in [2.24, 2.45) is 0 Å². The SMILES string of the molecule is Fc1ccc(-c2nc3ccc(Cc4ccc5nc(-c6ccc(F)cc6)oc5c4)cc3o2)cc1. The predicted molar refractivity (Wildman–Crippen MR) is 122 cm³/mol. The summed E-state index contributed by atoms with van der Waals surface area (Å²) in [7, 11) is 0. The van der Waals surface area contributed by atoms with Crippen molar-refractivity contribution in [3.8, 4) is 22.9 Å². The second kappa shape index (κ2) is 7.67. The average molecular weight is 438 g/mol. The number of nitrogens with zero attached hydrogens (tertiary/aromatic N) is 2. The first kappa shape index (κ1) is 19.4. The summed E-state index contributed by atoms with van der Waals surface area (Å²) in [4.78, 5) is 9.01. The fourth-order valence-corrected chi connectivity index (χ4v) is 3.83. The van der Waals surface area contributed by atoms with E-state index < -0.39 is 0 Å². The number of fused-ring (bicyclic) bond motifs is 2. The summed E-state index contributed by atoms with van der Waals surface area (Å²) >= 11 is 0. The van der Waals surface area contributed by atoms with Gasteiger partial charge in [0.25, 0.3) is 0 Å². The first-order chi connectivity index (χ1) is 16.1. The Morgan fingerprint density at radius 2 is 0.970 bits per heavy atom. The van der Waals surface area contributed by atoms with Crippen molar-refractivity contribution >= 4 is 22.2 Å². The Labute approximate surface area is 187 Å². The Kier molecular flexibility index (Phi) is 4.50. The van der Waals surface area contributed by atoms with Gasteiger partial charge < -0.3 is 8.83 Å². The van der Waals surface area contributed by atoms with Crippen molar-refractivity contribution in [3.05, 3.63) is 108 Å². The van der Waals surface area contributed by atoms with E-state index in [0.717, 1.165) is 33.3 Å². The van der Waals surface area contributed by atoms with Gasteiger partial charge in [0.05, 0.1) is 0 Å². The van der Waals surface area contributed by atoms with Crippen LogP contribution in [0, 0.1) is 11.6 Å². The van der Waals surface area contributed by atoms with Gasteiger partial charge in [0, 0.05) is 11.1 Å². The van der Waals surface area contributed by atoms with E-state index in [2.05, 4.69) is 9.97 Å².